The summed E-state index contributed by atoms with van der Waals surface area (Å²) in [4.78, 5) is 4.93. The normalized spacial score (nSPS) is 11.2. The molecule has 0 fully saturated rings. The van der Waals surface area contributed by atoms with E-state index in [9.17, 15) is 0 Å². The third kappa shape index (κ3) is 3.77. The van der Waals surface area contributed by atoms with Gasteiger partial charge in [-0.15, -0.1) is 11.3 Å². The summed E-state index contributed by atoms with van der Waals surface area (Å²) in [5, 5.41) is 9.37. The zero-order chi connectivity index (χ0) is 10.6. The number of rotatable bonds is 5. The van der Waals surface area contributed by atoms with Gasteiger partial charge in [0.15, 0.2) is 4.34 Å². The highest BCUT2D eigenvalue weighted by molar-refractivity contribution is 8.01. The number of halogens is 1. The Kier molecular flexibility index (Phi) is 5.23. The van der Waals surface area contributed by atoms with Gasteiger partial charge in [-0.1, -0.05) is 37.2 Å². The monoisotopic (exact) mass is 251 g/mol. The summed E-state index contributed by atoms with van der Waals surface area (Å²) in [5.41, 5.74) is 0. The summed E-state index contributed by atoms with van der Waals surface area (Å²) < 4.78 is 0.958. The maximum atomic E-state index is 8.92. The van der Waals surface area contributed by atoms with Crippen molar-refractivity contribution in [2.75, 3.05) is 5.75 Å². The van der Waals surface area contributed by atoms with Crippen molar-refractivity contribution in [2.45, 2.75) is 31.2 Å². The first-order valence-electron chi connectivity index (χ1n) is 4.52. The summed E-state index contributed by atoms with van der Waals surface area (Å²) in [6.07, 6.45) is 1.18. The second-order valence-electron chi connectivity index (χ2n) is 3.38. The molecule has 0 amide bonds. The molecule has 2 nitrogen and oxygen atoms in total. The summed E-state index contributed by atoms with van der Waals surface area (Å²) in [6.45, 7) is 4.39. The second-order valence-corrected chi connectivity index (χ2v) is 6.17. The number of thiazole rings is 1. The molecule has 0 radical (unpaired) electrons. The molecule has 80 valence electrons. The Labute approximate surface area is 97.7 Å². The number of aromatic nitrogens is 1. The van der Waals surface area contributed by atoms with Gasteiger partial charge in [-0.25, -0.2) is 4.98 Å². The molecule has 1 rings (SSSR count). The van der Waals surface area contributed by atoms with Crippen LogP contribution >= 0.6 is 34.7 Å². The molecule has 0 atom stereocenters. The molecule has 5 heteroatoms. The lowest BCUT2D eigenvalue weighted by Gasteiger charge is -2.00. The van der Waals surface area contributed by atoms with Gasteiger partial charge in [0.25, 0.3) is 0 Å². The fourth-order valence-corrected chi connectivity index (χ4v) is 3.46. The van der Waals surface area contributed by atoms with Gasteiger partial charge in [-0.3, -0.25) is 0 Å². The van der Waals surface area contributed by atoms with E-state index in [2.05, 4.69) is 18.8 Å². The molecule has 1 N–H and O–H groups in total. The molecule has 0 saturated carbocycles. The van der Waals surface area contributed by atoms with Gasteiger partial charge in [0.1, 0.15) is 5.15 Å². The molecule has 1 aromatic heterocycles. The number of hydrogen-bond donors (Lipinski definition) is 1. The summed E-state index contributed by atoms with van der Waals surface area (Å²) in [6, 6.07) is 0. The van der Waals surface area contributed by atoms with Gasteiger partial charge in [-0.05, 0) is 12.3 Å². The molecular weight excluding hydrogens is 238 g/mol. The van der Waals surface area contributed by atoms with Crippen molar-refractivity contribution in [1.82, 2.24) is 4.98 Å². The molecule has 0 unspecified atom stereocenters. The van der Waals surface area contributed by atoms with Crippen molar-refractivity contribution in [3.05, 3.63) is 10.0 Å². The van der Waals surface area contributed by atoms with E-state index in [0.717, 1.165) is 20.9 Å². The number of hydrogen-bond acceptors (Lipinski definition) is 4. The maximum absolute atomic E-state index is 8.92. The highest BCUT2D eigenvalue weighted by Crippen LogP contribution is 2.30. The summed E-state index contributed by atoms with van der Waals surface area (Å²) in [5.74, 6) is 1.78. The molecule has 0 aliphatic carbocycles. The van der Waals surface area contributed by atoms with E-state index in [1.54, 1.807) is 11.8 Å². The van der Waals surface area contributed by atoms with Crippen molar-refractivity contribution >= 4 is 34.7 Å². The molecule has 14 heavy (non-hydrogen) atoms. The van der Waals surface area contributed by atoms with Crippen molar-refractivity contribution in [2.24, 2.45) is 5.92 Å². The van der Waals surface area contributed by atoms with Crippen molar-refractivity contribution in [1.29, 1.82) is 0 Å². The molecule has 0 aliphatic heterocycles. The Hall–Kier alpha value is 0.230. The maximum Gasteiger partial charge on any atom is 0.152 e. The van der Waals surface area contributed by atoms with E-state index in [-0.39, 0.29) is 6.61 Å². The van der Waals surface area contributed by atoms with Crippen LogP contribution in [0.1, 0.15) is 25.1 Å². The largest absolute Gasteiger partial charge is 0.391 e. The predicted octanol–water partition coefficient (Wildman–Crippen LogP) is 3.43. The molecule has 0 aromatic carbocycles. The van der Waals surface area contributed by atoms with Crippen LogP contribution in [-0.4, -0.2) is 15.8 Å². The topological polar surface area (TPSA) is 33.1 Å². The Bertz CT molecular complexity index is 288. The fraction of sp³-hybridized carbons (Fsp3) is 0.667. The third-order valence-electron chi connectivity index (χ3n) is 1.69. The van der Waals surface area contributed by atoms with Crippen LogP contribution in [0.5, 0.6) is 0 Å². The average molecular weight is 252 g/mol. The van der Waals surface area contributed by atoms with E-state index in [4.69, 9.17) is 16.7 Å². The van der Waals surface area contributed by atoms with Crippen LogP contribution in [-0.2, 0) is 6.61 Å². The van der Waals surface area contributed by atoms with Gasteiger partial charge in [0, 0.05) is 5.75 Å². The molecule has 0 saturated heterocycles. The zero-order valence-electron chi connectivity index (χ0n) is 8.29. The van der Waals surface area contributed by atoms with Gasteiger partial charge in [0.2, 0.25) is 0 Å². The third-order valence-corrected chi connectivity index (χ3v) is 4.34. The highest BCUT2D eigenvalue weighted by atomic mass is 35.5. The minimum absolute atomic E-state index is 0.0127. The van der Waals surface area contributed by atoms with Crippen LogP contribution < -0.4 is 0 Å². The van der Waals surface area contributed by atoms with E-state index >= 15 is 0 Å². The Morgan fingerprint density at radius 3 is 2.79 bits per heavy atom. The average Bonchev–Trinajstić information content (AvgIpc) is 2.45. The fourth-order valence-electron chi connectivity index (χ4n) is 0.854. The van der Waals surface area contributed by atoms with Gasteiger partial charge in [-0.2, -0.15) is 0 Å². The SMILES string of the molecule is CC(C)CCSc1nc(Cl)c(CO)s1. The smallest absolute Gasteiger partial charge is 0.152 e. The molecule has 0 bridgehead atoms. The number of nitrogens with zero attached hydrogens (tertiary/aromatic N) is 1. The summed E-state index contributed by atoms with van der Waals surface area (Å²) >= 11 is 9.00. The molecule has 1 aromatic rings. The first kappa shape index (κ1) is 12.3. The lowest BCUT2D eigenvalue weighted by Crippen LogP contribution is -1.88. The quantitative estimate of drug-likeness (QED) is 0.814. The van der Waals surface area contributed by atoms with Crippen LogP contribution in [0.25, 0.3) is 0 Å². The number of aliphatic hydroxyl groups excluding tert-OH is 1. The minimum atomic E-state index is -0.0127. The lowest BCUT2D eigenvalue weighted by atomic mass is 10.2. The lowest BCUT2D eigenvalue weighted by molar-refractivity contribution is 0.285. The van der Waals surface area contributed by atoms with E-state index < -0.39 is 0 Å². The molecule has 0 aliphatic rings. The minimum Gasteiger partial charge on any atom is -0.391 e. The van der Waals surface area contributed by atoms with E-state index in [0.29, 0.717) is 5.15 Å². The van der Waals surface area contributed by atoms with E-state index in [1.165, 1.54) is 17.8 Å². The first-order chi connectivity index (χ1) is 6.63. The molecule has 0 spiro atoms. The van der Waals surface area contributed by atoms with Crippen LogP contribution in [0.15, 0.2) is 4.34 Å². The Balaban J connectivity index is 2.43. The highest BCUT2D eigenvalue weighted by Gasteiger charge is 2.08. The molecular formula is C9H14ClNOS2. The van der Waals surface area contributed by atoms with Crippen LogP contribution in [0.2, 0.25) is 5.15 Å². The summed E-state index contributed by atoms with van der Waals surface area (Å²) in [7, 11) is 0. The van der Waals surface area contributed by atoms with E-state index in [1.807, 2.05) is 0 Å². The zero-order valence-corrected chi connectivity index (χ0v) is 10.7. The second kappa shape index (κ2) is 5.95. The number of aliphatic hydroxyl groups is 1. The van der Waals surface area contributed by atoms with Crippen molar-refractivity contribution in [3.63, 3.8) is 0 Å². The van der Waals surface area contributed by atoms with Crippen molar-refractivity contribution < 1.29 is 5.11 Å². The Morgan fingerprint density at radius 2 is 2.29 bits per heavy atom. The van der Waals surface area contributed by atoms with Crippen molar-refractivity contribution in [3.8, 4) is 0 Å². The first-order valence-corrected chi connectivity index (χ1v) is 6.70. The van der Waals surface area contributed by atoms with Gasteiger partial charge < -0.3 is 5.11 Å². The van der Waals surface area contributed by atoms with Gasteiger partial charge in [0.05, 0.1) is 11.5 Å². The number of thioether (sulfide) groups is 1. The van der Waals surface area contributed by atoms with Gasteiger partial charge >= 0.3 is 0 Å². The molecule has 1 heterocycles. The van der Waals surface area contributed by atoms with Crippen LogP contribution in [0.4, 0.5) is 0 Å². The standard InChI is InChI=1S/C9H14ClNOS2/c1-6(2)3-4-13-9-11-8(10)7(5-12)14-9/h6,12H,3-5H2,1-2H3. The van der Waals surface area contributed by atoms with Crippen LogP contribution in [0, 0.1) is 5.92 Å². The predicted molar refractivity (Wildman–Crippen MR) is 63.2 cm³/mol. The Morgan fingerprint density at radius 1 is 1.57 bits per heavy atom. The van der Waals surface area contributed by atoms with Crippen LogP contribution in [0.3, 0.4) is 0 Å².